The largest absolute Gasteiger partial charge is 0.339 e. The molecule has 0 saturated carbocycles. The number of carbonyl (C=O) groups is 1. The standard InChI is InChI=1S/C23H22FN7O2/c1-29-20(19-15-7-2-3-8-16(15)21(32)27-25-19)26-28-23(29)31-12-6-11-30(13-14-31)22(33)17-9-4-5-10-18(17)24/h2-5,7-10H,6,11-14H2,1H3,(H,27,32). The van der Waals surface area contributed by atoms with Gasteiger partial charge in [0, 0.05) is 38.6 Å². The number of hydrogen-bond donors (Lipinski definition) is 1. The Balaban J connectivity index is 1.40. The maximum Gasteiger partial charge on any atom is 0.272 e. The molecule has 1 N–H and O–H groups in total. The maximum absolute atomic E-state index is 14.1. The molecule has 0 atom stereocenters. The highest BCUT2D eigenvalue weighted by molar-refractivity contribution is 5.94. The van der Waals surface area contributed by atoms with E-state index in [9.17, 15) is 14.0 Å². The van der Waals surface area contributed by atoms with Gasteiger partial charge < -0.3 is 9.80 Å². The second-order valence-corrected chi connectivity index (χ2v) is 7.94. The molecule has 2 aromatic carbocycles. The smallest absolute Gasteiger partial charge is 0.272 e. The van der Waals surface area contributed by atoms with E-state index in [2.05, 4.69) is 25.3 Å². The fourth-order valence-corrected chi connectivity index (χ4v) is 4.21. The van der Waals surface area contributed by atoms with Gasteiger partial charge in [0.1, 0.15) is 11.5 Å². The Labute approximate surface area is 188 Å². The number of nitrogens with one attached hydrogen (secondary N) is 1. The van der Waals surface area contributed by atoms with Crippen LogP contribution < -0.4 is 10.5 Å². The summed E-state index contributed by atoms with van der Waals surface area (Å²) in [6.45, 7) is 2.18. The Morgan fingerprint density at radius 3 is 2.55 bits per heavy atom. The second-order valence-electron chi connectivity index (χ2n) is 7.94. The number of benzene rings is 2. The molecule has 4 aromatic rings. The van der Waals surface area contributed by atoms with E-state index < -0.39 is 5.82 Å². The quantitative estimate of drug-likeness (QED) is 0.517. The average molecular weight is 447 g/mol. The van der Waals surface area contributed by atoms with Crippen molar-refractivity contribution in [2.75, 3.05) is 31.1 Å². The van der Waals surface area contributed by atoms with Gasteiger partial charge in [0.05, 0.1) is 10.9 Å². The van der Waals surface area contributed by atoms with Crippen molar-refractivity contribution in [3.05, 3.63) is 70.3 Å². The first-order valence-electron chi connectivity index (χ1n) is 10.7. The predicted octanol–water partition coefficient (Wildman–Crippen LogP) is 2.21. The van der Waals surface area contributed by atoms with E-state index in [1.165, 1.54) is 12.1 Å². The molecule has 2 aromatic heterocycles. The molecule has 10 heteroatoms. The molecule has 1 amide bonds. The minimum Gasteiger partial charge on any atom is -0.339 e. The van der Waals surface area contributed by atoms with Crippen molar-refractivity contribution in [1.82, 2.24) is 29.9 Å². The molecule has 0 aliphatic carbocycles. The van der Waals surface area contributed by atoms with Gasteiger partial charge in [-0.1, -0.05) is 30.3 Å². The normalized spacial score (nSPS) is 14.5. The number of rotatable bonds is 3. The van der Waals surface area contributed by atoms with Gasteiger partial charge in [0.2, 0.25) is 5.95 Å². The monoisotopic (exact) mass is 447 g/mol. The van der Waals surface area contributed by atoms with Crippen molar-refractivity contribution in [3.63, 3.8) is 0 Å². The average Bonchev–Trinajstić information content (AvgIpc) is 3.04. The lowest BCUT2D eigenvalue weighted by molar-refractivity contribution is 0.0762. The van der Waals surface area contributed by atoms with Crippen LogP contribution in [0.1, 0.15) is 16.8 Å². The first kappa shape index (κ1) is 20.8. The first-order valence-corrected chi connectivity index (χ1v) is 10.7. The number of H-pyrrole nitrogens is 1. The number of nitrogens with zero attached hydrogens (tertiary/aromatic N) is 6. The molecule has 168 valence electrons. The number of anilines is 1. The van der Waals surface area contributed by atoms with E-state index in [4.69, 9.17) is 0 Å². The number of fused-ring (bicyclic) bond motifs is 1. The summed E-state index contributed by atoms with van der Waals surface area (Å²) in [6.07, 6.45) is 0.711. The Bertz CT molecular complexity index is 1400. The molecule has 33 heavy (non-hydrogen) atoms. The van der Waals surface area contributed by atoms with Gasteiger partial charge in [-0.2, -0.15) is 5.10 Å². The van der Waals surface area contributed by atoms with Crippen molar-refractivity contribution in [2.24, 2.45) is 7.05 Å². The van der Waals surface area contributed by atoms with Gasteiger partial charge in [0.15, 0.2) is 5.82 Å². The molecular weight excluding hydrogens is 425 g/mol. The summed E-state index contributed by atoms with van der Waals surface area (Å²) < 4.78 is 15.9. The van der Waals surface area contributed by atoms with Crippen molar-refractivity contribution in [2.45, 2.75) is 6.42 Å². The first-order chi connectivity index (χ1) is 16.0. The third-order valence-corrected chi connectivity index (χ3v) is 5.93. The highest BCUT2D eigenvalue weighted by Gasteiger charge is 2.25. The van der Waals surface area contributed by atoms with Gasteiger partial charge in [-0.3, -0.25) is 14.2 Å². The molecule has 1 saturated heterocycles. The van der Waals surface area contributed by atoms with Crippen LogP contribution in [0.5, 0.6) is 0 Å². The summed E-state index contributed by atoms with van der Waals surface area (Å²) in [6, 6.07) is 13.3. The Morgan fingerprint density at radius 1 is 0.970 bits per heavy atom. The third-order valence-electron chi connectivity index (χ3n) is 5.93. The molecule has 0 spiro atoms. The van der Waals surface area contributed by atoms with Crippen LogP contribution in [0.25, 0.3) is 22.3 Å². The number of carbonyl (C=O) groups excluding carboxylic acids is 1. The number of aromatic amines is 1. The van der Waals surface area contributed by atoms with Crippen LogP contribution in [0, 0.1) is 5.82 Å². The van der Waals surface area contributed by atoms with E-state index in [1.54, 1.807) is 29.2 Å². The lowest BCUT2D eigenvalue weighted by Gasteiger charge is -2.22. The van der Waals surface area contributed by atoms with E-state index in [1.807, 2.05) is 23.7 Å². The van der Waals surface area contributed by atoms with Crippen LogP contribution in [0.4, 0.5) is 10.3 Å². The highest BCUT2D eigenvalue weighted by atomic mass is 19.1. The summed E-state index contributed by atoms with van der Waals surface area (Å²) in [5.74, 6) is 0.350. The van der Waals surface area contributed by atoms with Crippen LogP contribution in [-0.4, -0.2) is 61.9 Å². The predicted molar refractivity (Wildman–Crippen MR) is 121 cm³/mol. The van der Waals surface area contributed by atoms with E-state index >= 15 is 0 Å². The lowest BCUT2D eigenvalue weighted by atomic mass is 10.1. The zero-order valence-corrected chi connectivity index (χ0v) is 18.0. The topological polar surface area (TPSA) is 100 Å². The van der Waals surface area contributed by atoms with Crippen LogP contribution in [0.3, 0.4) is 0 Å². The van der Waals surface area contributed by atoms with E-state index in [0.717, 1.165) is 0 Å². The Kier molecular flexibility index (Phi) is 5.33. The summed E-state index contributed by atoms with van der Waals surface area (Å²) in [5, 5.41) is 16.7. The van der Waals surface area contributed by atoms with Gasteiger partial charge in [0.25, 0.3) is 11.5 Å². The minimum atomic E-state index is -0.512. The number of amides is 1. The summed E-state index contributed by atoms with van der Waals surface area (Å²) >= 11 is 0. The molecule has 0 radical (unpaired) electrons. The molecule has 3 heterocycles. The Morgan fingerprint density at radius 2 is 1.73 bits per heavy atom. The summed E-state index contributed by atoms with van der Waals surface area (Å²) in [7, 11) is 1.85. The summed E-state index contributed by atoms with van der Waals surface area (Å²) in [4.78, 5) is 28.7. The molecule has 9 nitrogen and oxygen atoms in total. The molecule has 0 bridgehead atoms. The highest BCUT2D eigenvalue weighted by Crippen LogP contribution is 2.25. The zero-order chi connectivity index (χ0) is 22.9. The van der Waals surface area contributed by atoms with Crippen LogP contribution in [-0.2, 0) is 7.05 Å². The zero-order valence-electron chi connectivity index (χ0n) is 18.0. The maximum atomic E-state index is 14.1. The molecule has 1 aliphatic rings. The van der Waals surface area contributed by atoms with Crippen LogP contribution in [0.15, 0.2) is 53.3 Å². The number of hydrogen-bond acceptors (Lipinski definition) is 6. The van der Waals surface area contributed by atoms with E-state index in [0.29, 0.717) is 60.8 Å². The molecule has 1 fully saturated rings. The third kappa shape index (κ3) is 3.73. The lowest BCUT2D eigenvalue weighted by Crippen LogP contribution is -2.36. The van der Waals surface area contributed by atoms with Crippen molar-refractivity contribution < 1.29 is 9.18 Å². The van der Waals surface area contributed by atoms with Crippen molar-refractivity contribution in [3.8, 4) is 11.5 Å². The van der Waals surface area contributed by atoms with Crippen LogP contribution >= 0.6 is 0 Å². The van der Waals surface area contributed by atoms with Crippen molar-refractivity contribution in [1.29, 1.82) is 0 Å². The van der Waals surface area contributed by atoms with Gasteiger partial charge >= 0.3 is 0 Å². The number of aromatic nitrogens is 5. The molecule has 5 rings (SSSR count). The molecule has 0 unspecified atom stereocenters. The van der Waals surface area contributed by atoms with Gasteiger partial charge in [-0.15, -0.1) is 10.2 Å². The Hall–Kier alpha value is -4.08. The van der Waals surface area contributed by atoms with Crippen molar-refractivity contribution >= 4 is 22.6 Å². The van der Waals surface area contributed by atoms with E-state index in [-0.39, 0.29) is 17.0 Å². The molecular formula is C23H22FN7O2. The fourth-order valence-electron chi connectivity index (χ4n) is 4.21. The van der Waals surface area contributed by atoms with Gasteiger partial charge in [-0.05, 0) is 24.6 Å². The minimum absolute atomic E-state index is 0.0860. The number of halogens is 1. The second kappa shape index (κ2) is 8.45. The fraction of sp³-hybridized carbons (Fsp3) is 0.261. The molecule has 1 aliphatic heterocycles. The van der Waals surface area contributed by atoms with Crippen LogP contribution in [0.2, 0.25) is 0 Å². The van der Waals surface area contributed by atoms with Gasteiger partial charge in [-0.25, -0.2) is 9.49 Å². The summed E-state index contributed by atoms with van der Waals surface area (Å²) in [5.41, 5.74) is 0.365. The SMILES string of the molecule is Cn1c(-c2n[nH]c(=O)c3ccccc23)nnc1N1CCCN(C(=O)c2ccccc2F)CC1.